The van der Waals surface area contributed by atoms with Gasteiger partial charge in [-0.3, -0.25) is 0 Å². The fourth-order valence-corrected chi connectivity index (χ4v) is 3.50. The first-order valence-corrected chi connectivity index (χ1v) is 9.05. The molecule has 1 atom stereocenters. The van der Waals surface area contributed by atoms with Gasteiger partial charge in [-0.2, -0.15) is 0 Å². The lowest BCUT2D eigenvalue weighted by atomic mass is 9.99. The first kappa shape index (κ1) is 17.0. The lowest BCUT2D eigenvalue weighted by Gasteiger charge is -2.20. The van der Waals surface area contributed by atoms with Crippen LogP contribution in [0.15, 0.2) is 41.8 Å². The standard InChI is InChI=1S/C18H24N2S2/c1-4-19-18(21)20-17(16-6-5-11-22-16)15-9-7-14(8-10-15)12-13(2)3/h5-11,13,17H,4,12H2,1-3H3,(H2,19,20,21)/t17-/m1/s1. The first-order valence-electron chi connectivity index (χ1n) is 7.76. The van der Waals surface area contributed by atoms with Crippen molar-refractivity contribution in [1.82, 2.24) is 10.6 Å². The summed E-state index contributed by atoms with van der Waals surface area (Å²) in [5.41, 5.74) is 2.63. The van der Waals surface area contributed by atoms with Crippen LogP contribution in [0.1, 0.15) is 42.8 Å². The Labute approximate surface area is 143 Å². The molecule has 2 aromatic rings. The van der Waals surface area contributed by atoms with Gasteiger partial charge in [0.1, 0.15) is 0 Å². The molecule has 0 bridgehead atoms. The lowest BCUT2D eigenvalue weighted by molar-refractivity contribution is 0.646. The Morgan fingerprint density at radius 1 is 1.18 bits per heavy atom. The predicted octanol–water partition coefficient (Wildman–Crippen LogP) is 4.52. The lowest BCUT2D eigenvalue weighted by Crippen LogP contribution is -2.37. The molecule has 0 unspecified atom stereocenters. The Morgan fingerprint density at radius 2 is 1.91 bits per heavy atom. The minimum Gasteiger partial charge on any atom is -0.363 e. The topological polar surface area (TPSA) is 24.1 Å². The van der Waals surface area contributed by atoms with Crippen molar-refractivity contribution < 1.29 is 0 Å². The highest BCUT2D eigenvalue weighted by molar-refractivity contribution is 7.80. The number of nitrogens with one attached hydrogen (secondary N) is 2. The molecule has 1 heterocycles. The molecule has 118 valence electrons. The van der Waals surface area contributed by atoms with Gasteiger partial charge in [0, 0.05) is 11.4 Å². The zero-order valence-corrected chi connectivity index (χ0v) is 15.1. The largest absolute Gasteiger partial charge is 0.363 e. The third-order valence-corrected chi connectivity index (χ3v) is 4.60. The second-order valence-corrected chi connectivity index (χ2v) is 7.18. The van der Waals surface area contributed by atoms with Crippen molar-refractivity contribution in [3.63, 3.8) is 0 Å². The minimum absolute atomic E-state index is 0.111. The van der Waals surface area contributed by atoms with Crippen molar-refractivity contribution in [3.05, 3.63) is 57.8 Å². The molecule has 2 nitrogen and oxygen atoms in total. The zero-order valence-electron chi connectivity index (χ0n) is 13.4. The number of hydrogen-bond acceptors (Lipinski definition) is 2. The van der Waals surface area contributed by atoms with E-state index in [1.165, 1.54) is 16.0 Å². The van der Waals surface area contributed by atoms with Gasteiger partial charge in [-0.05, 0) is 54.1 Å². The van der Waals surface area contributed by atoms with Gasteiger partial charge in [0.2, 0.25) is 0 Å². The molecule has 0 saturated carbocycles. The molecule has 0 aliphatic heterocycles. The quantitative estimate of drug-likeness (QED) is 0.761. The van der Waals surface area contributed by atoms with Crippen LogP contribution in [0.3, 0.4) is 0 Å². The van der Waals surface area contributed by atoms with Gasteiger partial charge in [-0.1, -0.05) is 44.2 Å². The summed E-state index contributed by atoms with van der Waals surface area (Å²) in [4.78, 5) is 1.27. The minimum atomic E-state index is 0.111. The van der Waals surface area contributed by atoms with Crippen LogP contribution in [0.2, 0.25) is 0 Å². The van der Waals surface area contributed by atoms with Gasteiger partial charge < -0.3 is 10.6 Å². The number of thiophene rings is 1. The molecule has 1 aromatic carbocycles. The average Bonchev–Trinajstić information content (AvgIpc) is 2.99. The number of rotatable bonds is 6. The normalized spacial score (nSPS) is 12.2. The molecule has 2 rings (SSSR count). The fourth-order valence-electron chi connectivity index (χ4n) is 2.43. The molecule has 22 heavy (non-hydrogen) atoms. The van der Waals surface area contributed by atoms with E-state index in [4.69, 9.17) is 12.2 Å². The third kappa shape index (κ3) is 4.82. The molecule has 1 aromatic heterocycles. The van der Waals surface area contributed by atoms with Gasteiger partial charge >= 0.3 is 0 Å². The molecule has 0 fully saturated rings. The molecule has 0 spiro atoms. The number of thiocarbonyl (C=S) groups is 1. The van der Waals surface area contributed by atoms with Crippen LogP contribution in [-0.4, -0.2) is 11.7 Å². The summed E-state index contributed by atoms with van der Waals surface area (Å²) in [5.74, 6) is 0.679. The summed E-state index contributed by atoms with van der Waals surface area (Å²) in [5, 5.41) is 9.40. The molecule has 0 radical (unpaired) electrons. The van der Waals surface area contributed by atoms with Crippen LogP contribution >= 0.6 is 23.6 Å². The smallest absolute Gasteiger partial charge is 0.167 e. The Balaban J connectivity index is 2.19. The van der Waals surface area contributed by atoms with Crippen LogP contribution in [0.4, 0.5) is 0 Å². The molecule has 0 aliphatic rings. The van der Waals surface area contributed by atoms with E-state index in [0.717, 1.165) is 13.0 Å². The highest BCUT2D eigenvalue weighted by atomic mass is 32.1. The fraction of sp³-hybridized carbons (Fsp3) is 0.389. The van der Waals surface area contributed by atoms with Gasteiger partial charge in [-0.15, -0.1) is 11.3 Å². The van der Waals surface area contributed by atoms with E-state index in [9.17, 15) is 0 Å². The molecule has 2 N–H and O–H groups in total. The summed E-state index contributed by atoms with van der Waals surface area (Å²) in [6.45, 7) is 7.38. The van der Waals surface area contributed by atoms with Crippen LogP contribution in [0.25, 0.3) is 0 Å². The van der Waals surface area contributed by atoms with E-state index >= 15 is 0 Å². The predicted molar refractivity (Wildman–Crippen MR) is 101 cm³/mol. The van der Waals surface area contributed by atoms with E-state index in [1.54, 1.807) is 11.3 Å². The second-order valence-electron chi connectivity index (χ2n) is 5.79. The molecule has 0 aliphatic carbocycles. The second kappa shape index (κ2) is 8.30. The van der Waals surface area contributed by atoms with E-state index in [2.05, 4.69) is 73.2 Å². The first-order chi connectivity index (χ1) is 10.6. The van der Waals surface area contributed by atoms with Crippen molar-refractivity contribution in [2.24, 2.45) is 5.92 Å². The van der Waals surface area contributed by atoms with Gasteiger partial charge in [0.15, 0.2) is 5.11 Å². The molecule has 0 amide bonds. The van der Waals surface area contributed by atoms with Gasteiger partial charge in [0.05, 0.1) is 6.04 Å². The van der Waals surface area contributed by atoms with Crippen LogP contribution in [0, 0.1) is 5.92 Å². The van der Waals surface area contributed by atoms with E-state index in [1.807, 2.05) is 0 Å². The number of hydrogen-bond donors (Lipinski definition) is 2. The van der Waals surface area contributed by atoms with Gasteiger partial charge in [-0.25, -0.2) is 0 Å². The van der Waals surface area contributed by atoms with Crippen LogP contribution in [-0.2, 0) is 6.42 Å². The average molecular weight is 333 g/mol. The maximum Gasteiger partial charge on any atom is 0.167 e. The third-order valence-electron chi connectivity index (χ3n) is 3.40. The van der Waals surface area contributed by atoms with E-state index < -0.39 is 0 Å². The maximum absolute atomic E-state index is 5.37. The zero-order chi connectivity index (χ0) is 15.9. The number of benzene rings is 1. The van der Waals surface area contributed by atoms with E-state index in [0.29, 0.717) is 11.0 Å². The summed E-state index contributed by atoms with van der Waals surface area (Å²) in [6.07, 6.45) is 1.12. The van der Waals surface area contributed by atoms with Crippen molar-refractivity contribution in [1.29, 1.82) is 0 Å². The Bertz CT molecular complexity index is 574. The van der Waals surface area contributed by atoms with Crippen LogP contribution in [0.5, 0.6) is 0 Å². The van der Waals surface area contributed by atoms with Crippen molar-refractivity contribution in [3.8, 4) is 0 Å². The summed E-state index contributed by atoms with van der Waals surface area (Å²) >= 11 is 7.12. The maximum atomic E-state index is 5.37. The van der Waals surface area contributed by atoms with Crippen molar-refractivity contribution in [2.45, 2.75) is 33.2 Å². The summed E-state index contributed by atoms with van der Waals surface area (Å²) in [7, 11) is 0. The summed E-state index contributed by atoms with van der Waals surface area (Å²) < 4.78 is 0. The van der Waals surface area contributed by atoms with Crippen molar-refractivity contribution in [2.75, 3.05) is 6.54 Å². The Hall–Kier alpha value is -1.39. The molecule has 0 saturated heterocycles. The molecular weight excluding hydrogens is 308 g/mol. The monoisotopic (exact) mass is 332 g/mol. The van der Waals surface area contributed by atoms with Crippen molar-refractivity contribution >= 4 is 28.7 Å². The van der Waals surface area contributed by atoms with E-state index in [-0.39, 0.29) is 6.04 Å². The van der Waals surface area contributed by atoms with Gasteiger partial charge in [0.25, 0.3) is 0 Å². The van der Waals surface area contributed by atoms with Crippen LogP contribution < -0.4 is 10.6 Å². The Morgan fingerprint density at radius 3 is 2.45 bits per heavy atom. The highest BCUT2D eigenvalue weighted by Gasteiger charge is 2.16. The highest BCUT2D eigenvalue weighted by Crippen LogP contribution is 2.26. The SMILES string of the molecule is CCNC(=S)N[C@H](c1ccc(CC(C)C)cc1)c1cccs1. The summed E-state index contributed by atoms with van der Waals surface area (Å²) in [6, 6.07) is 13.2. The molecule has 4 heteroatoms. The Kier molecular flexibility index (Phi) is 6.40. The molecular formula is C18H24N2S2.